The molecule has 2 unspecified atom stereocenters. The van der Waals surface area contributed by atoms with E-state index in [9.17, 15) is 19.8 Å². The van der Waals surface area contributed by atoms with Gasteiger partial charge < -0.3 is 14.9 Å². The van der Waals surface area contributed by atoms with Crippen LogP contribution in [0.2, 0.25) is 0 Å². The molecule has 0 spiro atoms. The molecule has 0 radical (unpaired) electrons. The van der Waals surface area contributed by atoms with Gasteiger partial charge >= 0.3 is 11.9 Å². The Balaban J connectivity index is 2.25. The number of hydrogen-bond donors (Lipinski definition) is 2. The first-order chi connectivity index (χ1) is 11.9. The van der Waals surface area contributed by atoms with Gasteiger partial charge in [-0.2, -0.15) is 0 Å². The van der Waals surface area contributed by atoms with Gasteiger partial charge in [0.1, 0.15) is 0 Å². The summed E-state index contributed by atoms with van der Waals surface area (Å²) in [5, 5.41) is 19.1. The van der Waals surface area contributed by atoms with E-state index in [2.05, 4.69) is 0 Å². The molecule has 0 aliphatic carbocycles. The summed E-state index contributed by atoms with van der Waals surface area (Å²) in [6.45, 7) is 3.44. The van der Waals surface area contributed by atoms with Gasteiger partial charge in [-0.05, 0) is 11.1 Å². The highest BCUT2D eigenvalue weighted by molar-refractivity contribution is 5.77. The summed E-state index contributed by atoms with van der Waals surface area (Å²) in [5.41, 5.74) is 1.57. The molecule has 5 nitrogen and oxygen atoms in total. The summed E-state index contributed by atoms with van der Waals surface area (Å²) in [7, 11) is 0. The Kier molecular flexibility index (Phi) is 6.31. The maximum absolute atomic E-state index is 11.7. The number of benzene rings is 2. The smallest absolute Gasteiger partial charge is 0.333 e. The second kappa shape index (κ2) is 8.44. The lowest BCUT2D eigenvalue weighted by Crippen LogP contribution is -2.39. The summed E-state index contributed by atoms with van der Waals surface area (Å²) < 4.78 is 5.61. The van der Waals surface area contributed by atoms with E-state index in [-0.39, 0.29) is 0 Å². The lowest BCUT2D eigenvalue weighted by atomic mass is 9.92. The zero-order valence-corrected chi connectivity index (χ0v) is 14.2. The minimum Gasteiger partial charge on any atom is -0.479 e. The van der Waals surface area contributed by atoms with Crippen LogP contribution in [0, 0.1) is 0 Å². The van der Waals surface area contributed by atoms with E-state index in [1.807, 2.05) is 36.4 Å². The average Bonchev–Trinajstić information content (AvgIpc) is 2.62. The van der Waals surface area contributed by atoms with E-state index in [0.29, 0.717) is 0 Å². The standard InChI is InChI=1S/C20H22O5/c1-13(15-9-5-3-6-10-15)17(19(21)22)25-18(20(23)24)14(2)16-11-7-4-8-12-16/h3-14,17-18H,1-2H3,(H,21,22)(H,23,24)/t13?,14?,17-,18-/m1/s1. The monoisotopic (exact) mass is 342 g/mol. The van der Waals surface area contributed by atoms with Crippen molar-refractivity contribution < 1.29 is 24.5 Å². The Labute approximate surface area is 146 Å². The van der Waals surface area contributed by atoms with Gasteiger partial charge in [-0.3, -0.25) is 0 Å². The predicted molar refractivity (Wildman–Crippen MR) is 93.6 cm³/mol. The SMILES string of the molecule is CC(c1ccccc1)[C@@H](O[C@@H](C(=O)O)C(C)c1ccccc1)C(=O)O. The molecular weight excluding hydrogens is 320 g/mol. The first kappa shape index (κ1) is 18.7. The van der Waals surface area contributed by atoms with Gasteiger partial charge in [-0.25, -0.2) is 9.59 Å². The Morgan fingerprint density at radius 2 is 1.04 bits per heavy atom. The van der Waals surface area contributed by atoms with E-state index >= 15 is 0 Å². The fourth-order valence-corrected chi connectivity index (χ4v) is 2.80. The molecule has 0 bridgehead atoms. The van der Waals surface area contributed by atoms with Crippen molar-refractivity contribution in [2.45, 2.75) is 37.9 Å². The Bertz CT molecular complexity index is 637. The van der Waals surface area contributed by atoms with Crippen LogP contribution in [0.3, 0.4) is 0 Å². The maximum atomic E-state index is 11.7. The molecule has 0 amide bonds. The molecule has 2 aromatic carbocycles. The minimum absolute atomic E-state index is 0.483. The van der Waals surface area contributed by atoms with E-state index in [1.54, 1.807) is 38.1 Å². The van der Waals surface area contributed by atoms with Gasteiger partial charge in [0, 0.05) is 11.8 Å². The van der Waals surface area contributed by atoms with Crippen LogP contribution in [0.25, 0.3) is 0 Å². The number of hydrogen-bond acceptors (Lipinski definition) is 3. The molecule has 4 atom stereocenters. The second-order valence-corrected chi connectivity index (χ2v) is 6.05. The molecule has 0 heterocycles. The predicted octanol–water partition coefficient (Wildman–Crippen LogP) is 3.52. The minimum atomic E-state index is -1.25. The summed E-state index contributed by atoms with van der Waals surface area (Å²) in [6.07, 6.45) is -2.51. The Morgan fingerprint density at radius 3 is 1.32 bits per heavy atom. The molecule has 0 aliphatic heterocycles. The first-order valence-electron chi connectivity index (χ1n) is 8.12. The molecule has 25 heavy (non-hydrogen) atoms. The highest BCUT2D eigenvalue weighted by Crippen LogP contribution is 2.28. The van der Waals surface area contributed by atoms with Crippen LogP contribution < -0.4 is 0 Å². The van der Waals surface area contributed by atoms with Gasteiger partial charge in [0.05, 0.1) is 0 Å². The number of carboxylic acid groups (broad SMARTS) is 2. The molecule has 0 saturated carbocycles. The number of aliphatic carboxylic acids is 2. The Hall–Kier alpha value is -2.66. The van der Waals surface area contributed by atoms with E-state index < -0.39 is 36.0 Å². The fraction of sp³-hybridized carbons (Fsp3) is 0.300. The second-order valence-electron chi connectivity index (χ2n) is 6.05. The van der Waals surface area contributed by atoms with Crippen LogP contribution in [-0.4, -0.2) is 34.4 Å². The average molecular weight is 342 g/mol. The van der Waals surface area contributed by atoms with Gasteiger partial charge in [-0.15, -0.1) is 0 Å². The van der Waals surface area contributed by atoms with Crippen LogP contribution in [0.15, 0.2) is 60.7 Å². The maximum Gasteiger partial charge on any atom is 0.333 e. The van der Waals surface area contributed by atoms with Crippen LogP contribution >= 0.6 is 0 Å². The molecule has 132 valence electrons. The van der Waals surface area contributed by atoms with Gasteiger partial charge in [-0.1, -0.05) is 74.5 Å². The molecule has 2 N–H and O–H groups in total. The van der Waals surface area contributed by atoms with Crippen LogP contribution in [-0.2, 0) is 14.3 Å². The lowest BCUT2D eigenvalue weighted by molar-refractivity contribution is -0.168. The third-order valence-electron chi connectivity index (χ3n) is 4.34. The molecule has 5 heteroatoms. The molecule has 0 saturated heterocycles. The largest absolute Gasteiger partial charge is 0.479 e. The number of rotatable bonds is 8. The topological polar surface area (TPSA) is 83.8 Å². The molecule has 0 aliphatic rings. The molecule has 0 fully saturated rings. The highest BCUT2D eigenvalue weighted by Gasteiger charge is 2.35. The van der Waals surface area contributed by atoms with Gasteiger partial charge in [0.15, 0.2) is 12.2 Å². The van der Waals surface area contributed by atoms with Crippen LogP contribution in [0.4, 0.5) is 0 Å². The van der Waals surface area contributed by atoms with Gasteiger partial charge in [0.2, 0.25) is 0 Å². The number of carboxylic acids is 2. The Morgan fingerprint density at radius 1 is 0.720 bits per heavy atom. The van der Waals surface area contributed by atoms with Crippen molar-refractivity contribution in [2.75, 3.05) is 0 Å². The van der Waals surface area contributed by atoms with Crippen LogP contribution in [0.1, 0.15) is 36.8 Å². The molecular formula is C20H22O5. The fourth-order valence-electron chi connectivity index (χ4n) is 2.80. The van der Waals surface area contributed by atoms with Crippen molar-refractivity contribution in [1.82, 2.24) is 0 Å². The van der Waals surface area contributed by atoms with Crippen LogP contribution in [0.5, 0.6) is 0 Å². The van der Waals surface area contributed by atoms with Crippen molar-refractivity contribution in [2.24, 2.45) is 0 Å². The summed E-state index contributed by atoms with van der Waals surface area (Å²) in [6, 6.07) is 18.1. The summed E-state index contributed by atoms with van der Waals surface area (Å²) >= 11 is 0. The van der Waals surface area contributed by atoms with Crippen molar-refractivity contribution in [1.29, 1.82) is 0 Å². The van der Waals surface area contributed by atoms with E-state index in [4.69, 9.17) is 4.74 Å². The normalized spacial score (nSPS) is 15.8. The van der Waals surface area contributed by atoms with Crippen molar-refractivity contribution in [3.63, 3.8) is 0 Å². The van der Waals surface area contributed by atoms with Crippen molar-refractivity contribution in [3.05, 3.63) is 71.8 Å². The summed E-state index contributed by atoms with van der Waals surface area (Å²) in [5.74, 6) is -3.32. The van der Waals surface area contributed by atoms with E-state index in [0.717, 1.165) is 11.1 Å². The van der Waals surface area contributed by atoms with Crippen molar-refractivity contribution in [3.8, 4) is 0 Å². The molecule has 0 aromatic heterocycles. The summed E-state index contributed by atoms with van der Waals surface area (Å²) in [4.78, 5) is 23.4. The first-order valence-corrected chi connectivity index (χ1v) is 8.12. The van der Waals surface area contributed by atoms with Gasteiger partial charge in [0.25, 0.3) is 0 Å². The lowest BCUT2D eigenvalue weighted by Gasteiger charge is -2.28. The van der Waals surface area contributed by atoms with E-state index in [1.165, 1.54) is 0 Å². The third kappa shape index (κ3) is 4.67. The van der Waals surface area contributed by atoms with Crippen molar-refractivity contribution >= 4 is 11.9 Å². The zero-order chi connectivity index (χ0) is 18.4. The third-order valence-corrected chi connectivity index (χ3v) is 4.34. The quantitative estimate of drug-likeness (QED) is 0.767. The zero-order valence-electron chi connectivity index (χ0n) is 14.2. The molecule has 2 rings (SSSR count). The molecule has 2 aromatic rings. The number of ether oxygens (including phenoxy) is 1. The number of carbonyl (C=O) groups is 2. The highest BCUT2D eigenvalue weighted by atomic mass is 16.5.